The number of esters is 1. The number of ether oxygens (including phenoxy) is 1. The molecular weight excluding hydrogens is 188 g/mol. The first kappa shape index (κ1) is 14.2. The molecule has 0 aliphatic heterocycles. The lowest BCUT2D eigenvalue weighted by molar-refractivity contribution is -0.134. The maximum absolute atomic E-state index is 9.84. The van der Waals surface area contributed by atoms with Crippen molar-refractivity contribution in [2.24, 2.45) is 5.92 Å². The van der Waals surface area contributed by atoms with E-state index in [1.807, 2.05) is 0 Å². The highest BCUT2D eigenvalue weighted by Crippen LogP contribution is 2.26. The number of hydrogen-bond donors (Lipinski definition) is 0. The van der Waals surface area contributed by atoms with Crippen molar-refractivity contribution in [2.75, 3.05) is 7.11 Å². The second-order valence-corrected chi connectivity index (χ2v) is 4.02. The molecule has 0 aromatic heterocycles. The molecule has 2 nitrogen and oxygen atoms in total. The molecule has 2 heteroatoms. The molecule has 1 saturated carbocycles. The van der Waals surface area contributed by atoms with Crippen molar-refractivity contribution in [3.05, 3.63) is 12.7 Å². The largest absolute Gasteiger partial charge is 0.466 e. The van der Waals surface area contributed by atoms with Gasteiger partial charge in [0.2, 0.25) is 0 Å². The monoisotopic (exact) mass is 212 g/mol. The Morgan fingerprint density at radius 1 is 1.40 bits per heavy atom. The molecular formula is C13H24O2. The van der Waals surface area contributed by atoms with Crippen LogP contribution in [-0.4, -0.2) is 13.1 Å². The zero-order valence-corrected chi connectivity index (χ0v) is 10.1. The predicted octanol–water partition coefficient (Wildman–Crippen LogP) is 3.71. The molecule has 0 unspecified atom stereocenters. The zero-order valence-electron chi connectivity index (χ0n) is 10.1. The lowest BCUT2D eigenvalue weighted by Crippen LogP contribution is -2.04. The van der Waals surface area contributed by atoms with E-state index in [-0.39, 0.29) is 0 Å². The molecule has 88 valence electrons. The molecule has 15 heavy (non-hydrogen) atoms. The lowest BCUT2D eigenvalue weighted by atomic mass is 9.86. The molecule has 0 spiro atoms. The number of hydrogen-bond acceptors (Lipinski definition) is 2. The third-order valence-corrected chi connectivity index (χ3v) is 2.79. The molecule has 1 rings (SSSR count). The summed E-state index contributed by atoms with van der Waals surface area (Å²) >= 11 is 0. The summed E-state index contributed by atoms with van der Waals surface area (Å²) in [6, 6.07) is 0. The van der Waals surface area contributed by atoms with E-state index in [0.717, 1.165) is 12.0 Å². The third-order valence-electron chi connectivity index (χ3n) is 2.79. The van der Waals surface area contributed by atoms with Crippen molar-refractivity contribution in [3.63, 3.8) is 0 Å². The molecule has 0 amide bonds. The number of carbonyl (C=O) groups is 1. The fourth-order valence-corrected chi connectivity index (χ4v) is 1.97. The van der Waals surface area contributed by atoms with Gasteiger partial charge in [-0.05, 0) is 5.92 Å². The van der Waals surface area contributed by atoms with Crippen LogP contribution in [0, 0.1) is 5.92 Å². The molecule has 1 aliphatic rings. The average molecular weight is 212 g/mol. The minimum atomic E-state index is -0.394. The highest BCUT2D eigenvalue weighted by molar-refractivity contribution is 5.80. The van der Waals surface area contributed by atoms with Gasteiger partial charge in [-0.3, -0.25) is 0 Å². The predicted molar refractivity (Wildman–Crippen MR) is 63.7 cm³/mol. The van der Waals surface area contributed by atoms with E-state index in [2.05, 4.69) is 18.2 Å². The molecule has 0 aromatic carbocycles. The minimum Gasteiger partial charge on any atom is -0.466 e. The Labute approximate surface area is 93.7 Å². The highest BCUT2D eigenvalue weighted by atomic mass is 16.5. The summed E-state index contributed by atoms with van der Waals surface area (Å²) in [6.07, 6.45) is 11.5. The first-order chi connectivity index (χ1) is 7.24. The van der Waals surface area contributed by atoms with Gasteiger partial charge in [-0.25, -0.2) is 4.79 Å². The van der Waals surface area contributed by atoms with Crippen LogP contribution in [0.15, 0.2) is 12.7 Å². The van der Waals surface area contributed by atoms with Crippen LogP contribution in [0.2, 0.25) is 0 Å². The molecule has 0 radical (unpaired) electrons. The Morgan fingerprint density at radius 2 is 2.00 bits per heavy atom. The van der Waals surface area contributed by atoms with E-state index in [9.17, 15) is 4.79 Å². The van der Waals surface area contributed by atoms with E-state index in [0.29, 0.717) is 0 Å². The second-order valence-electron chi connectivity index (χ2n) is 4.02. The maximum atomic E-state index is 9.84. The van der Waals surface area contributed by atoms with Gasteiger partial charge in [-0.1, -0.05) is 58.4 Å². The SMILES string of the molecule is C=CC(=O)OC.CCCC1CCCCC1. The summed E-state index contributed by atoms with van der Waals surface area (Å²) in [6.45, 7) is 5.46. The Balaban J connectivity index is 0.000000288. The Kier molecular flexibility index (Phi) is 9.24. The van der Waals surface area contributed by atoms with Crippen LogP contribution in [0.4, 0.5) is 0 Å². The Hall–Kier alpha value is -0.790. The highest BCUT2D eigenvalue weighted by Gasteiger charge is 2.10. The van der Waals surface area contributed by atoms with Crippen LogP contribution in [0.5, 0.6) is 0 Å². The molecule has 1 aliphatic carbocycles. The van der Waals surface area contributed by atoms with E-state index in [1.54, 1.807) is 0 Å². The van der Waals surface area contributed by atoms with E-state index in [1.165, 1.54) is 52.1 Å². The molecule has 0 saturated heterocycles. The van der Waals surface area contributed by atoms with Crippen molar-refractivity contribution in [2.45, 2.75) is 51.9 Å². The van der Waals surface area contributed by atoms with Crippen molar-refractivity contribution in [1.29, 1.82) is 0 Å². The van der Waals surface area contributed by atoms with Gasteiger partial charge in [-0.15, -0.1) is 0 Å². The van der Waals surface area contributed by atoms with Crippen LogP contribution < -0.4 is 0 Å². The quantitative estimate of drug-likeness (QED) is 0.526. The smallest absolute Gasteiger partial charge is 0.329 e. The van der Waals surface area contributed by atoms with Gasteiger partial charge < -0.3 is 4.74 Å². The van der Waals surface area contributed by atoms with Crippen molar-refractivity contribution in [1.82, 2.24) is 0 Å². The second kappa shape index (κ2) is 9.75. The molecule has 0 bridgehead atoms. The Morgan fingerprint density at radius 3 is 2.33 bits per heavy atom. The standard InChI is InChI=1S/C9H18.C4H6O2/c1-2-6-9-7-4-3-5-8-9;1-3-4(5)6-2/h9H,2-8H2,1H3;3H,1H2,2H3. The van der Waals surface area contributed by atoms with Gasteiger partial charge in [0, 0.05) is 6.08 Å². The zero-order chi connectivity index (χ0) is 11.5. The topological polar surface area (TPSA) is 26.3 Å². The summed E-state index contributed by atoms with van der Waals surface area (Å²) in [5.74, 6) is 0.707. The van der Waals surface area contributed by atoms with E-state index >= 15 is 0 Å². The summed E-state index contributed by atoms with van der Waals surface area (Å²) in [7, 11) is 1.31. The summed E-state index contributed by atoms with van der Waals surface area (Å²) < 4.78 is 4.14. The van der Waals surface area contributed by atoms with Gasteiger partial charge in [-0.2, -0.15) is 0 Å². The summed E-state index contributed by atoms with van der Waals surface area (Å²) in [5, 5.41) is 0. The molecule has 0 N–H and O–H groups in total. The number of carbonyl (C=O) groups excluding carboxylic acids is 1. The molecule has 0 heterocycles. The van der Waals surface area contributed by atoms with Gasteiger partial charge in [0.1, 0.15) is 0 Å². The van der Waals surface area contributed by atoms with Gasteiger partial charge in [0.15, 0.2) is 0 Å². The normalized spacial score (nSPS) is 16.1. The van der Waals surface area contributed by atoms with Gasteiger partial charge in [0.05, 0.1) is 7.11 Å². The molecule has 0 atom stereocenters. The fraction of sp³-hybridized carbons (Fsp3) is 0.769. The minimum absolute atomic E-state index is 0.394. The van der Waals surface area contributed by atoms with Crippen LogP contribution in [0.25, 0.3) is 0 Å². The van der Waals surface area contributed by atoms with E-state index < -0.39 is 5.97 Å². The average Bonchev–Trinajstić information content (AvgIpc) is 2.31. The van der Waals surface area contributed by atoms with Gasteiger partial charge in [0.25, 0.3) is 0 Å². The van der Waals surface area contributed by atoms with Crippen molar-refractivity contribution >= 4 is 5.97 Å². The summed E-state index contributed by atoms with van der Waals surface area (Å²) in [4.78, 5) is 9.84. The van der Waals surface area contributed by atoms with Crippen molar-refractivity contribution < 1.29 is 9.53 Å². The van der Waals surface area contributed by atoms with Crippen LogP contribution in [-0.2, 0) is 9.53 Å². The summed E-state index contributed by atoms with van der Waals surface area (Å²) in [5.41, 5.74) is 0. The number of methoxy groups -OCH3 is 1. The maximum Gasteiger partial charge on any atom is 0.329 e. The molecule has 1 fully saturated rings. The van der Waals surface area contributed by atoms with Crippen LogP contribution in [0.3, 0.4) is 0 Å². The Bertz CT molecular complexity index is 167. The first-order valence-electron chi connectivity index (χ1n) is 5.95. The molecule has 0 aromatic rings. The number of rotatable bonds is 3. The van der Waals surface area contributed by atoms with Crippen LogP contribution in [0.1, 0.15) is 51.9 Å². The van der Waals surface area contributed by atoms with E-state index in [4.69, 9.17) is 0 Å². The van der Waals surface area contributed by atoms with Crippen molar-refractivity contribution in [3.8, 4) is 0 Å². The fourth-order valence-electron chi connectivity index (χ4n) is 1.97. The van der Waals surface area contributed by atoms with Gasteiger partial charge >= 0.3 is 5.97 Å². The lowest BCUT2D eigenvalue weighted by Gasteiger charge is -2.20. The van der Waals surface area contributed by atoms with Crippen LogP contribution >= 0.6 is 0 Å². The first-order valence-corrected chi connectivity index (χ1v) is 5.95. The third kappa shape index (κ3) is 8.22.